The molecule has 1 unspecified atom stereocenters. The Morgan fingerprint density at radius 1 is 1.38 bits per heavy atom. The van der Waals surface area contributed by atoms with Gasteiger partial charge in [-0.25, -0.2) is 9.97 Å². The zero-order valence-electron chi connectivity index (χ0n) is 12.6. The van der Waals surface area contributed by atoms with Crippen molar-refractivity contribution in [2.24, 2.45) is 5.73 Å². The van der Waals surface area contributed by atoms with Gasteiger partial charge in [-0.15, -0.1) is 0 Å². The van der Waals surface area contributed by atoms with Crippen molar-refractivity contribution in [2.75, 3.05) is 19.6 Å². The highest BCUT2D eigenvalue weighted by atomic mass is 16.2. The van der Waals surface area contributed by atoms with Gasteiger partial charge in [0.2, 0.25) is 5.91 Å². The summed E-state index contributed by atoms with van der Waals surface area (Å²) in [5.74, 6) is -0.551. The van der Waals surface area contributed by atoms with Crippen LogP contribution in [0, 0.1) is 6.92 Å². The van der Waals surface area contributed by atoms with Crippen LogP contribution in [0.2, 0.25) is 0 Å². The minimum atomic E-state index is -0.451. The van der Waals surface area contributed by atoms with E-state index in [1.54, 1.807) is 11.8 Å². The van der Waals surface area contributed by atoms with Crippen molar-refractivity contribution in [3.8, 4) is 0 Å². The second-order valence-electron chi connectivity index (χ2n) is 5.52. The normalized spacial score (nSPS) is 19.8. The van der Waals surface area contributed by atoms with Crippen LogP contribution in [0.1, 0.15) is 29.9 Å². The molecule has 2 amide bonds. The fraction of sp³-hybridized carbons (Fsp3) is 0.571. The van der Waals surface area contributed by atoms with Crippen LogP contribution in [0.15, 0.2) is 12.5 Å². The Balaban J connectivity index is 2.18. The van der Waals surface area contributed by atoms with Gasteiger partial charge in [-0.1, -0.05) is 0 Å². The number of aryl methyl sites for hydroxylation is 1. The number of hydrogen-bond donors (Lipinski definition) is 1. The van der Waals surface area contributed by atoms with E-state index in [0.717, 1.165) is 0 Å². The quantitative estimate of drug-likeness (QED) is 0.833. The van der Waals surface area contributed by atoms with Crippen molar-refractivity contribution < 1.29 is 9.59 Å². The average Bonchev–Trinajstić information content (AvgIpc) is 2.46. The molecule has 1 aliphatic heterocycles. The number of amides is 2. The van der Waals surface area contributed by atoms with E-state index in [2.05, 4.69) is 9.97 Å². The largest absolute Gasteiger partial charge is 0.368 e. The molecule has 7 nitrogen and oxygen atoms in total. The molecule has 1 aromatic rings. The van der Waals surface area contributed by atoms with Crippen LogP contribution >= 0.6 is 0 Å². The van der Waals surface area contributed by atoms with E-state index < -0.39 is 11.9 Å². The first kappa shape index (κ1) is 15.4. The van der Waals surface area contributed by atoms with Crippen LogP contribution in [0.5, 0.6) is 0 Å². The van der Waals surface area contributed by atoms with Crippen LogP contribution in [0.25, 0.3) is 0 Å². The van der Waals surface area contributed by atoms with Gasteiger partial charge in [0.05, 0.1) is 11.3 Å². The van der Waals surface area contributed by atoms with Crippen molar-refractivity contribution in [2.45, 2.75) is 32.9 Å². The van der Waals surface area contributed by atoms with Gasteiger partial charge >= 0.3 is 0 Å². The molecule has 2 rings (SSSR count). The second-order valence-corrected chi connectivity index (χ2v) is 5.52. The first-order chi connectivity index (χ1) is 9.91. The first-order valence-electron chi connectivity index (χ1n) is 7.02. The number of hydrogen-bond acceptors (Lipinski definition) is 5. The van der Waals surface area contributed by atoms with E-state index in [1.807, 2.05) is 18.7 Å². The molecule has 0 aliphatic carbocycles. The number of carbonyl (C=O) groups is 2. The molecule has 0 bridgehead atoms. The van der Waals surface area contributed by atoms with Gasteiger partial charge in [0.15, 0.2) is 0 Å². The third kappa shape index (κ3) is 3.18. The predicted octanol–water partition coefficient (Wildman–Crippen LogP) is -0.195. The van der Waals surface area contributed by atoms with Crippen molar-refractivity contribution in [1.82, 2.24) is 19.8 Å². The fourth-order valence-electron chi connectivity index (χ4n) is 2.62. The summed E-state index contributed by atoms with van der Waals surface area (Å²) in [4.78, 5) is 35.8. The Morgan fingerprint density at radius 2 is 2.10 bits per heavy atom. The summed E-state index contributed by atoms with van der Waals surface area (Å²) in [5.41, 5.74) is 6.59. The molecule has 0 radical (unpaired) electrons. The summed E-state index contributed by atoms with van der Waals surface area (Å²) < 4.78 is 0. The molecule has 1 aromatic heterocycles. The molecular formula is C14H21N5O2. The Morgan fingerprint density at radius 3 is 2.67 bits per heavy atom. The van der Waals surface area contributed by atoms with Crippen molar-refractivity contribution >= 4 is 11.8 Å². The molecule has 2 heterocycles. The van der Waals surface area contributed by atoms with Gasteiger partial charge in [0.25, 0.3) is 5.91 Å². The lowest BCUT2D eigenvalue weighted by atomic mass is 10.1. The maximum absolute atomic E-state index is 12.5. The van der Waals surface area contributed by atoms with Crippen LogP contribution in [-0.4, -0.2) is 63.3 Å². The van der Waals surface area contributed by atoms with Gasteiger partial charge < -0.3 is 10.6 Å². The summed E-state index contributed by atoms with van der Waals surface area (Å²) in [6.07, 6.45) is 2.92. The molecule has 2 N–H and O–H groups in total. The molecule has 21 heavy (non-hydrogen) atoms. The zero-order valence-corrected chi connectivity index (χ0v) is 12.6. The summed E-state index contributed by atoms with van der Waals surface area (Å²) in [6.45, 7) is 7.30. The highest BCUT2D eigenvalue weighted by molar-refractivity contribution is 5.95. The Labute approximate surface area is 124 Å². The Kier molecular flexibility index (Phi) is 4.52. The lowest BCUT2D eigenvalue weighted by Crippen LogP contribution is -2.61. The number of piperazine rings is 1. The van der Waals surface area contributed by atoms with Gasteiger partial charge in [0, 0.05) is 31.9 Å². The topological polar surface area (TPSA) is 92.4 Å². The van der Waals surface area contributed by atoms with E-state index in [1.165, 1.54) is 12.5 Å². The van der Waals surface area contributed by atoms with Gasteiger partial charge in [0.1, 0.15) is 12.4 Å². The monoisotopic (exact) mass is 291 g/mol. The van der Waals surface area contributed by atoms with Gasteiger partial charge in [-0.05, 0) is 20.8 Å². The van der Waals surface area contributed by atoms with Crippen LogP contribution in [-0.2, 0) is 4.79 Å². The number of nitrogens with zero attached hydrogens (tertiary/aromatic N) is 4. The molecule has 1 aliphatic rings. The Hall–Kier alpha value is -2.02. The number of aromatic nitrogens is 2. The molecule has 114 valence electrons. The SMILES string of the molecule is Cc1ncncc1C(=O)N1CCN(C(C)C)C(C(N)=O)C1. The third-order valence-electron chi connectivity index (χ3n) is 3.84. The summed E-state index contributed by atoms with van der Waals surface area (Å²) in [6, 6.07) is -0.241. The molecular weight excluding hydrogens is 270 g/mol. The van der Waals surface area contributed by atoms with Crippen molar-refractivity contribution in [1.29, 1.82) is 0 Å². The van der Waals surface area contributed by atoms with Gasteiger partial charge in [-0.3, -0.25) is 14.5 Å². The fourth-order valence-corrected chi connectivity index (χ4v) is 2.62. The minimum Gasteiger partial charge on any atom is -0.368 e. The lowest BCUT2D eigenvalue weighted by Gasteiger charge is -2.42. The second kappa shape index (κ2) is 6.17. The maximum atomic E-state index is 12.5. The number of nitrogens with two attached hydrogens (primary N) is 1. The first-order valence-corrected chi connectivity index (χ1v) is 7.02. The van der Waals surface area contributed by atoms with Gasteiger partial charge in [-0.2, -0.15) is 0 Å². The molecule has 0 saturated carbocycles. The van der Waals surface area contributed by atoms with Crippen LogP contribution in [0.3, 0.4) is 0 Å². The van der Waals surface area contributed by atoms with E-state index in [-0.39, 0.29) is 11.9 Å². The Bertz CT molecular complexity index is 546. The lowest BCUT2D eigenvalue weighted by molar-refractivity contribution is -0.126. The van der Waals surface area contributed by atoms with Crippen LogP contribution in [0.4, 0.5) is 0 Å². The highest BCUT2D eigenvalue weighted by Gasteiger charge is 2.34. The van der Waals surface area contributed by atoms with E-state index in [9.17, 15) is 9.59 Å². The molecule has 1 fully saturated rings. The molecule has 1 atom stereocenters. The molecule has 7 heteroatoms. The summed E-state index contributed by atoms with van der Waals surface area (Å²) >= 11 is 0. The summed E-state index contributed by atoms with van der Waals surface area (Å²) in [7, 11) is 0. The third-order valence-corrected chi connectivity index (χ3v) is 3.84. The maximum Gasteiger partial charge on any atom is 0.257 e. The predicted molar refractivity (Wildman–Crippen MR) is 77.5 cm³/mol. The summed E-state index contributed by atoms with van der Waals surface area (Å²) in [5, 5.41) is 0. The van der Waals surface area contributed by atoms with Crippen LogP contribution < -0.4 is 5.73 Å². The standard InChI is InChI=1S/C14H21N5O2/c1-9(2)19-5-4-18(7-12(19)13(15)20)14(21)11-6-16-8-17-10(11)3/h6,8-9,12H,4-5,7H2,1-3H3,(H2,15,20). The molecule has 0 aromatic carbocycles. The van der Waals surface area contributed by atoms with E-state index in [4.69, 9.17) is 5.73 Å². The zero-order chi connectivity index (χ0) is 15.6. The molecule has 1 saturated heterocycles. The highest BCUT2D eigenvalue weighted by Crippen LogP contribution is 2.16. The van der Waals surface area contributed by atoms with E-state index in [0.29, 0.717) is 30.9 Å². The number of rotatable bonds is 3. The number of carbonyl (C=O) groups excluding carboxylic acids is 2. The smallest absolute Gasteiger partial charge is 0.257 e. The van der Waals surface area contributed by atoms with Crippen molar-refractivity contribution in [3.05, 3.63) is 23.8 Å². The average molecular weight is 291 g/mol. The molecule has 0 spiro atoms. The number of primary amides is 1. The minimum absolute atomic E-state index is 0.150. The van der Waals surface area contributed by atoms with Crippen molar-refractivity contribution in [3.63, 3.8) is 0 Å². The van der Waals surface area contributed by atoms with E-state index >= 15 is 0 Å².